The van der Waals surface area contributed by atoms with Crippen molar-refractivity contribution in [2.75, 3.05) is 25.6 Å². The lowest BCUT2D eigenvalue weighted by atomic mass is 10.1. The first-order valence-corrected chi connectivity index (χ1v) is 11.5. The van der Waals surface area contributed by atoms with Gasteiger partial charge in [0.1, 0.15) is 6.61 Å². The minimum absolute atomic E-state index is 0.148. The smallest absolute Gasteiger partial charge is 0.255 e. The molecule has 1 N–H and O–H groups in total. The first-order chi connectivity index (χ1) is 14.9. The highest BCUT2D eigenvalue weighted by Gasteiger charge is 2.16. The van der Waals surface area contributed by atoms with Crippen LogP contribution in [0, 0.1) is 0 Å². The average molecular weight is 460 g/mol. The molecule has 0 saturated heterocycles. The van der Waals surface area contributed by atoms with Gasteiger partial charge in [0.25, 0.3) is 5.91 Å². The van der Waals surface area contributed by atoms with Crippen LogP contribution in [0.25, 0.3) is 0 Å². The van der Waals surface area contributed by atoms with E-state index < -0.39 is 9.84 Å². The van der Waals surface area contributed by atoms with Crippen molar-refractivity contribution in [3.63, 3.8) is 0 Å². The summed E-state index contributed by atoms with van der Waals surface area (Å²) in [6, 6.07) is 19.7. The summed E-state index contributed by atoms with van der Waals surface area (Å²) in [5.41, 5.74) is 1.40. The van der Waals surface area contributed by atoms with Crippen LogP contribution in [-0.4, -0.2) is 34.6 Å². The highest BCUT2D eigenvalue weighted by molar-refractivity contribution is 7.90. The van der Waals surface area contributed by atoms with E-state index in [0.717, 1.165) is 0 Å². The molecule has 0 radical (unpaired) electrons. The van der Waals surface area contributed by atoms with Crippen molar-refractivity contribution in [1.29, 1.82) is 0 Å². The number of methoxy groups -OCH3 is 1. The van der Waals surface area contributed by atoms with Gasteiger partial charge in [-0.05, 0) is 42.0 Å². The Morgan fingerprint density at radius 1 is 0.935 bits per heavy atom. The van der Waals surface area contributed by atoms with Crippen LogP contribution in [0.4, 0.5) is 5.69 Å². The monoisotopic (exact) mass is 459 g/mol. The number of anilines is 1. The Morgan fingerprint density at radius 2 is 1.65 bits per heavy atom. The van der Waals surface area contributed by atoms with Crippen LogP contribution in [0.5, 0.6) is 5.75 Å². The Hall–Kier alpha value is -2.87. The quantitative estimate of drug-likeness (QED) is 0.473. The third kappa shape index (κ3) is 6.07. The molecule has 0 aliphatic carbocycles. The Balaban J connectivity index is 1.71. The van der Waals surface area contributed by atoms with Crippen LogP contribution in [0.3, 0.4) is 0 Å². The molecule has 0 fully saturated rings. The second kappa shape index (κ2) is 10.4. The normalized spacial score (nSPS) is 11.2. The fourth-order valence-corrected chi connectivity index (χ4v) is 4.46. The van der Waals surface area contributed by atoms with Crippen molar-refractivity contribution in [3.8, 4) is 5.75 Å². The summed E-state index contributed by atoms with van der Waals surface area (Å²) in [6.07, 6.45) is 0. The molecule has 0 aliphatic heterocycles. The van der Waals surface area contributed by atoms with E-state index >= 15 is 0 Å². The van der Waals surface area contributed by atoms with Gasteiger partial charge in [-0.3, -0.25) is 4.79 Å². The first kappa shape index (κ1) is 22.8. The highest BCUT2D eigenvalue weighted by Crippen LogP contribution is 2.33. The van der Waals surface area contributed by atoms with Crippen molar-refractivity contribution in [3.05, 3.63) is 88.9 Å². The van der Waals surface area contributed by atoms with Crippen LogP contribution < -0.4 is 10.1 Å². The molecular weight excluding hydrogens is 438 g/mol. The van der Waals surface area contributed by atoms with Crippen LogP contribution in [0.1, 0.15) is 15.9 Å². The number of carbonyl (C=O) groups is 1. The van der Waals surface area contributed by atoms with Gasteiger partial charge in [0.2, 0.25) is 0 Å². The number of rotatable bonds is 9. The molecule has 3 aromatic carbocycles. The molecule has 0 unspecified atom stereocenters. The lowest BCUT2D eigenvalue weighted by Gasteiger charge is -2.14. The van der Waals surface area contributed by atoms with Crippen LogP contribution in [0.2, 0.25) is 5.02 Å². The zero-order valence-corrected chi connectivity index (χ0v) is 18.4. The zero-order valence-electron chi connectivity index (χ0n) is 16.9. The summed E-state index contributed by atoms with van der Waals surface area (Å²) in [4.78, 5) is 12.9. The standard InChI is InChI=1S/C23H22ClNO5S/c1-29-14-15-30-22-20(24)8-5-9-21(22)25-23(26)18-12-10-17(11-13-18)16-31(27,28)19-6-3-2-4-7-19/h2-13H,14-16H2,1H3,(H,25,26). The number of amides is 1. The average Bonchev–Trinajstić information content (AvgIpc) is 2.76. The molecular formula is C23H22ClNO5S. The van der Waals surface area contributed by atoms with E-state index in [2.05, 4.69) is 5.32 Å². The van der Waals surface area contributed by atoms with Crippen LogP contribution >= 0.6 is 11.6 Å². The lowest BCUT2D eigenvalue weighted by Crippen LogP contribution is -2.14. The van der Waals surface area contributed by atoms with E-state index in [1.165, 1.54) is 0 Å². The number of benzene rings is 3. The molecule has 162 valence electrons. The van der Waals surface area contributed by atoms with Gasteiger partial charge in [0.15, 0.2) is 15.6 Å². The molecule has 0 bridgehead atoms. The summed E-state index contributed by atoms with van der Waals surface area (Å²) in [5, 5.41) is 3.15. The van der Waals surface area contributed by atoms with Crippen molar-refractivity contribution in [2.24, 2.45) is 0 Å². The van der Waals surface area contributed by atoms with Gasteiger partial charge < -0.3 is 14.8 Å². The molecule has 31 heavy (non-hydrogen) atoms. The van der Waals surface area contributed by atoms with Gasteiger partial charge in [0, 0.05) is 12.7 Å². The Morgan fingerprint density at radius 3 is 2.32 bits per heavy atom. The molecule has 0 saturated carbocycles. The molecule has 6 nitrogen and oxygen atoms in total. The molecule has 0 aliphatic rings. The van der Waals surface area contributed by atoms with Crippen molar-refractivity contribution >= 4 is 33.0 Å². The summed E-state index contributed by atoms with van der Waals surface area (Å²) >= 11 is 6.20. The van der Waals surface area contributed by atoms with Crippen molar-refractivity contribution in [2.45, 2.75) is 10.6 Å². The van der Waals surface area contributed by atoms with Gasteiger partial charge in [0.05, 0.1) is 28.0 Å². The molecule has 8 heteroatoms. The maximum absolute atomic E-state index is 12.7. The summed E-state index contributed by atoms with van der Waals surface area (Å²) in [5.74, 6) is -0.151. The number of hydrogen-bond donors (Lipinski definition) is 1. The molecule has 0 heterocycles. The summed E-state index contributed by atoms with van der Waals surface area (Å²) in [6.45, 7) is 0.666. The minimum atomic E-state index is -3.46. The molecule has 1 amide bonds. The van der Waals surface area contributed by atoms with Gasteiger partial charge >= 0.3 is 0 Å². The number of sulfone groups is 1. The van der Waals surface area contributed by atoms with E-state index in [-0.39, 0.29) is 23.2 Å². The maximum atomic E-state index is 12.7. The molecule has 3 aromatic rings. The number of hydrogen-bond acceptors (Lipinski definition) is 5. The van der Waals surface area contributed by atoms with Gasteiger partial charge in [-0.2, -0.15) is 0 Å². The lowest BCUT2D eigenvalue weighted by molar-refractivity contribution is 0.102. The Bertz CT molecular complexity index is 1130. The number of ether oxygens (including phenoxy) is 2. The fourth-order valence-electron chi connectivity index (χ4n) is 2.86. The van der Waals surface area contributed by atoms with E-state index in [9.17, 15) is 13.2 Å². The topological polar surface area (TPSA) is 81.7 Å². The number of para-hydroxylation sites is 1. The predicted molar refractivity (Wildman–Crippen MR) is 121 cm³/mol. The SMILES string of the molecule is COCCOc1c(Cl)cccc1NC(=O)c1ccc(CS(=O)(=O)c2ccccc2)cc1. The predicted octanol–water partition coefficient (Wildman–Crippen LogP) is 4.59. The molecule has 0 aromatic heterocycles. The first-order valence-electron chi connectivity index (χ1n) is 9.49. The summed E-state index contributed by atoms with van der Waals surface area (Å²) in [7, 11) is -1.90. The van der Waals surface area contributed by atoms with E-state index in [4.69, 9.17) is 21.1 Å². The van der Waals surface area contributed by atoms with Crippen molar-refractivity contribution in [1.82, 2.24) is 0 Å². The van der Waals surface area contributed by atoms with Crippen LogP contribution in [-0.2, 0) is 20.3 Å². The molecule has 0 atom stereocenters. The number of nitrogens with one attached hydrogen (secondary N) is 1. The highest BCUT2D eigenvalue weighted by atomic mass is 35.5. The Kier molecular flexibility index (Phi) is 7.68. The van der Waals surface area contributed by atoms with Gasteiger partial charge in [-0.15, -0.1) is 0 Å². The second-order valence-electron chi connectivity index (χ2n) is 6.68. The molecule has 3 rings (SSSR count). The minimum Gasteiger partial charge on any atom is -0.487 e. The number of carbonyl (C=O) groups excluding carboxylic acids is 1. The summed E-state index contributed by atoms with van der Waals surface area (Å²) < 4.78 is 35.6. The van der Waals surface area contributed by atoms with Gasteiger partial charge in [-0.1, -0.05) is 48.0 Å². The maximum Gasteiger partial charge on any atom is 0.255 e. The third-order valence-electron chi connectivity index (χ3n) is 4.42. The van der Waals surface area contributed by atoms with Crippen LogP contribution in [0.15, 0.2) is 77.7 Å². The number of halogens is 1. The Labute approximate surface area is 186 Å². The largest absolute Gasteiger partial charge is 0.487 e. The van der Waals surface area contributed by atoms with Gasteiger partial charge in [-0.25, -0.2) is 8.42 Å². The van der Waals surface area contributed by atoms with E-state index in [1.54, 1.807) is 79.9 Å². The molecule has 0 spiro atoms. The van der Waals surface area contributed by atoms with Crippen molar-refractivity contribution < 1.29 is 22.7 Å². The third-order valence-corrected chi connectivity index (χ3v) is 6.43. The zero-order chi connectivity index (χ0) is 22.3. The fraction of sp³-hybridized carbons (Fsp3) is 0.174. The second-order valence-corrected chi connectivity index (χ2v) is 9.08. The van der Waals surface area contributed by atoms with E-state index in [1.807, 2.05) is 0 Å². The van der Waals surface area contributed by atoms with E-state index in [0.29, 0.717) is 34.2 Å².